The zero-order chi connectivity index (χ0) is 11.0. The highest BCUT2D eigenvalue weighted by Gasteiger charge is 2.13. The maximum absolute atomic E-state index is 12.7. The quantitative estimate of drug-likeness (QED) is 0.668. The van der Waals surface area contributed by atoms with Crippen molar-refractivity contribution in [2.24, 2.45) is 0 Å². The van der Waals surface area contributed by atoms with E-state index in [9.17, 15) is 8.78 Å². The van der Waals surface area contributed by atoms with E-state index >= 15 is 0 Å². The van der Waals surface area contributed by atoms with Crippen LogP contribution < -0.4 is 0 Å². The van der Waals surface area contributed by atoms with Crippen molar-refractivity contribution < 1.29 is 8.78 Å². The Kier molecular flexibility index (Phi) is 2.57. The minimum absolute atomic E-state index is 0.0614. The second kappa shape index (κ2) is 3.74. The van der Waals surface area contributed by atoms with Crippen LogP contribution in [-0.4, -0.2) is 4.98 Å². The van der Waals surface area contributed by atoms with Crippen LogP contribution in [0.15, 0.2) is 24.3 Å². The molecule has 0 amide bonds. The maximum atomic E-state index is 12.7. The summed E-state index contributed by atoms with van der Waals surface area (Å²) in [4.78, 5) is 3.99. The highest BCUT2D eigenvalue weighted by Crippen LogP contribution is 2.29. The maximum Gasteiger partial charge on any atom is 0.264 e. The molecule has 0 N–H and O–H groups in total. The van der Waals surface area contributed by atoms with E-state index in [4.69, 9.17) is 11.6 Å². The molecule has 1 nitrogen and oxygen atoms in total. The minimum Gasteiger partial charge on any atom is -0.236 e. The molecule has 1 aromatic heterocycles. The summed E-state index contributed by atoms with van der Waals surface area (Å²) < 4.78 is 25.4. The molecule has 1 aromatic carbocycles. The molecule has 2 rings (SSSR count). The Morgan fingerprint density at radius 3 is 2.67 bits per heavy atom. The largest absolute Gasteiger partial charge is 0.264 e. The van der Waals surface area contributed by atoms with Gasteiger partial charge in [-0.1, -0.05) is 23.2 Å². The van der Waals surface area contributed by atoms with Crippen molar-refractivity contribution >= 4 is 22.5 Å². The van der Waals surface area contributed by atoms with Crippen molar-refractivity contribution in [1.82, 2.24) is 4.98 Å². The number of benzene rings is 1. The van der Waals surface area contributed by atoms with E-state index in [0.717, 1.165) is 5.56 Å². The van der Waals surface area contributed by atoms with E-state index in [2.05, 4.69) is 4.98 Å². The van der Waals surface area contributed by atoms with Crippen LogP contribution in [-0.2, 0) is 0 Å². The zero-order valence-electron chi connectivity index (χ0n) is 7.97. The van der Waals surface area contributed by atoms with Crippen LogP contribution in [0.2, 0.25) is 5.15 Å². The molecule has 0 atom stereocenters. The summed E-state index contributed by atoms with van der Waals surface area (Å²) in [6, 6.07) is 6.43. The molecule has 0 saturated heterocycles. The number of aryl methyl sites for hydroxylation is 1. The van der Waals surface area contributed by atoms with Crippen LogP contribution in [0.5, 0.6) is 0 Å². The van der Waals surface area contributed by atoms with Gasteiger partial charge in [-0.3, -0.25) is 0 Å². The van der Waals surface area contributed by atoms with Gasteiger partial charge in [0, 0.05) is 10.9 Å². The van der Waals surface area contributed by atoms with Crippen LogP contribution in [0.25, 0.3) is 10.9 Å². The fourth-order valence-electron chi connectivity index (χ4n) is 1.51. The molecule has 78 valence electrons. The first-order valence-corrected chi connectivity index (χ1v) is 4.80. The summed E-state index contributed by atoms with van der Waals surface area (Å²) in [7, 11) is 0. The van der Waals surface area contributed by atoms with Crippen molar-refractivity contribution in [3.05, 3.63) is 40.5 Å². The normalized spacial score (nSPS) is 11.3. The van der Waals surface area contributed by atoms with Crippen LogP contribution >= 0.6 is 11.6 Å². The van der Waals surface area contributed by atoms with E-state index in [1.165, 1.54) is 6.07 Å². The second-order valence-corrected chi connectivity index (χ2v) is 3.74. The molecule has 0 spiro atoms. The number of alkyl halides is 2. The molecule has 0 radical (unpaired) electrons. The molecule has 0 aliphatic heterocycles. The summed E-state index contributed by atoms with van der Waals surface area (Å²) >= 11 is 5.66. The molecular weight excluding hydrogens is 220 g/mol. The summed E-state index contributed by atoms with van der Waals surface area (Å²) in [6.07, 6.45) is -2.53. The summed E-state index contributed by atoms with van der Waals surface area (Å²) in [6.45, 7) is 1.85. The van der Waals surface area contributed by atoms with Gasteiger partial charge in [-0.25, -0.2) is 13.8 Å². The lowest BCUT2D eigenvalue weighted by molar-refractivity contribution is 0.153. The van der Waals surface area contributed by atoms with Crippen LogP contribution in [0.4, 0.5) is 8.78 Å². The van der Waals surface area contributed by atoms with Crippen molar-refractivity contribution in [2.45, 2.75) is 13.3 Å². The van der Waals surface area contributed by atoms with E-state index in [1.807, 2.05) is 13.0 Å². The Labute approximate surface area is 90.7 Å². The summed E-state index contributed by atoms with van der Waals surface area (Å²) in [5.41, 5.74) is 1.37. The molecule has 4 heteroatoms. The minimum atomic E-state index is -2.53. The molecule has 15 heavy (non-hydrogen) atoms. The lowest BCUT2D eigenvalue weighted by Gasteiger charge is -2.06. The first-order chi connectivity index (χ1) is 7.08. The van der Waals surface area contributed by atoms with Gasteiger partial charge in [-0.2, -0.15) is 0 Å². The van der Waals surface area contributed by atoms with Crippen LogP contribution in [0, 0.1) is 6.92 Å². The van der Waals surface area contributed by atoms with Crippen molar-refractivity contribution in [3.8, 4) is 0 Å². The number of hydrogen-bond acceptors (Lipinski definition) is 1. The van der Waals surface area contributed by atoms with E-state index in [0.29, 0.717) is 10.9 Å². The fourth-order valence-corrected chi connectivity index (χ4v) is 1.72. The Morgan fingerprint density at radius 1 is 1.27 bits per heavy atom. The standard InChI is InChI=1S/C11H8ClF2N/c1-6-2-3-9-7(4-6)8(11(13)14)5-10(12)15-9/h2-5,11H,1H3. The lowest BCUT2D eigenvalue weighted by atomic mass is 10.1. The molecule has 0 unspecified atom stereocenters. The third kappa shape index (κ3) is 1.92. The smallest absolute Gasteiger partial charge is 0.236 e. The van der Waals surface area contributed by atoms with E-state index < -0.39 is 6.43 Å². The van der Waals surface area contributed by atoms with Gasteiger partial charge >= 0.3 is 0 Å². The average molecular weight is 228 g/mol. The first kappa shape index (κ1) is 10.3. The molecular formula is C11H8ClF2N. The van der Waals surface area contributed by atoms with Gasteiger partial charge in [0.1, 0.15) is 5.15 Å². The van der Waals surface area contributed by atoms with Gasteiger partial charge in [0.05, 0.1) is 5.52 Å². The van der Waals surface area contributed by atoms with Gasteiger partial charge in [-0.05, 0) is 25.1 Å². The Bertz CT molecular complexity index is 511. The number of fused-ring (bicyclic) bond motifs is 1. The lowest BCUT2D eigenvalue weighted by Crippen LogP contribution is -1.91. The highest BCUT2D eigenvalue weighted by atomic mass is 35.5. The second-order valence-electron chi connectivity index (χ2n) is 3.36. The van der Waals surface area contributed by atoms with Crippen molar-refractivity contribution in [1.29, 1.82) is 0 Å². The predicted molar refractivity (Wildman–Crippen MR) is 56.4 cm³/mol. The molecule has 0 aliphatic carbocycles. The third-order valence-corrected chi connectivity index (χ3v) is 2.39. The zero-order valence-corrected chi connectivity index (χ0v) is 8.72. The SMILES string of the molecule is Cc1ccc2nc(Cl)cc(C(F)F)c2c1. The average Bonchev–Trinajstić information content (AvgIpc) is 2.17. The number of pyridine rings is 1. The van der Waals surface area contributed by atoms with E-state index in [-0.39, 0.29) is 10.7 Å². The topological polar surface area (TPSA) is 12.9 Å². The number of halogens is 3. The number of aromatic nitrogens is 1. The number of rotatable bonds is 1. The van der Waals surface area contributed by atoms with Gasteiger partial charge < -0.3 is 0 Å². The number of nitrogens with zero attached hydrogens (tertiary/aromatic N) is 1. The Hall–Kier alpha value is -1.22. The van der Waals surface area contributed by atoms with Gasteiger partial charge in [0.15, 0.2) is 0 Å². The van der Waals surface area contributed by atoms with E-state index in [1.54, 1.807) is 12.1 Å². The fraction of sp³-hybridized carbons (Fsp3) is 0.182. The summed E-state index contributed by atoms with van der Waals surface area (Å²) in [5, 5.41) is 0.566. The monoisotopic (exact) mass is 227 g/mol. The van der Waals surface area contributed by atoms with Crippen molar-refractivity contribution in [3.63, 3.8) is 0 Å². The molecule has 0 bridgehead atoms. The van der Waals surface area contributed by atoms with Gasteiger partial charge in [0.2, 0.25) is 0 Å². The molecule has 0 fully saturated rings. The first-order valence-electron chi connectivity index (χ1n) is 4.43. The van der Waals surface area contributed by atoms with Gasteiger partial charge in [0.25, 0.3) is 6.43 Å². The Balaban J connectivity index is 2.81. The van der Waals surface area contributed by atoms with Crippen LogP contribution in [0.1, 0.15) is 17.6 Å². The molecule has 2 aromatic rings. The van der Waals surface area contributed by atoms with Crippen molar-refractivity contribution in [2.75, 3.05) is 0 Å². The summed E-state index contributed by atoms with van der Waals surface area (Å²) in [5.74, 6) is 0. The molecule has 0 aliphatic rings. The number of hydrogen-bond donors (Lipinski definition) is 0. The highest BCUT2D eigenvalue weighted by molar-refractivity contribution is 6.29. The molecule has 0 saturated carbocycles. The third-order valence-electron chi connectivity index (χ3n) is 2.20. The van der Waals surface area contributed by atoms with Gasteiger partial charge in [-0.15, -0.1) is 0 Å². The van der Waals surface area contributed by atoms with Crippen LogP contribution in [0.3, 0.4) is 0 Å². The molecule has 1 heterocycles. The Morgan fingerprint density at radius 2 is 2.00 bits per heavy atom. The predicted octanol–water partition coefficient (Wildman–Crippen LogP) is 4.13.